The Kier molecular flexibility index (Phi) is 2.42. The fourth-order valence-electron chi connectivity index (χ4n) is 1.41. The van der Waals surface area contributed by atoms with Crippen LogP contribution in [0.4, 0.5) is 13.2 Å². The summed E-state index contributed by atoms with van der Waals surface area (Å²) in [6.07, 6.45) is -1.58. The zero-order valence-electron chi connectivity index (χ0n) is 7.35. The van der Waals surface area contributed by atoms with E-state index in [0.717, 1.165) is 6.07 Å². The molecule has 0 aliphatic carbocycles. The molecule has 5 heteroatoms. The standard InChI is InChI=1S/C10H5BrF3N/c11-7-3-6-5-15-2-1-8(6)9(4-7)10(12,13)14/h1-5H. The van der Waals surface area contributed by atoms with Crippen LogP contribution in [0.3, 0.4) is 0 Å². The van der Waals surface area contributed by atoms with Gasteiger partial charge in [0.25, 0.3) is 0 Å². The van der Waals surface area contributed by atoms with Crippen LogP contribution in [-0.2, 0) is 6.18 Å². The first-order valence-corrected chi connectivity index (χ1v) is 4.88. The molecule has 1 aromatic carbocycles. The summed E-state index contributed by atoms with van der Waals surface area (Å²) >= 11 is 3.05. The van der Waals surface area contributed by atoms with Crippen molar-refractivity contribution < 1.29 is 13.2 Å². The van der Waals surface area contributed by atoms with Crippen molar-refractivity contribution in [3.8, 4) is 0 Å². The molecule has 0 spiro atoms. The molecule has 1 nitrogen and oxygen atoms in total. The Morgan fingerprint density at radius 1 is 1.20 bits per heavy atom. The van der Waals surface area contributed by atoms with Gasteiger partial charge in [-0.15, -0.1) is 0 Å². The molecule has 0 amide bonds. The van der Waals surface area contributed by atoms with Crippen molar-refractivity contribution in [3.05, 3.63) is 40.6 Å². The summed E-state index contributed by atoms with van der Waals surface area (Å²) in [6.45, 7) is 0. The van der Waals surface area contributed by atoms with Gasteiger partial charge in [0, 0.05) is 22.3 Å². The predicted octanol–water partition coefficient (Wildman–Crippen LogP) is 4.02. The molecule has 0 bridgehead atoms. The van der Waals surface area contributed by atoms with E-state index in [-0.39, 0.29) is 5.39 Å². The monoisotopic (exact) mass is 275 g/mol. The Morgan fingerprint density at radius 3 is 2.60 bits per heavy atom. The van der Waals surface area contributed by atoms with E-state index in [1.807, 2.05) is 0 Å². The van der Waals surface area contributed by atoms with Crippen molar-refractivity contribution in [1.29, 1.82) is 0 Å². The molecular weight excluding hydrogens is 271 g/mol. The highest BCUT2D eigenvalue weighted by Gasteiger charge is 2.32. The lowest BCUT2D eigenvalue weighted by Crippen LogP contribution is -2.05. The smallest absolute Gasteiger partial charge is 0.264 e. The summed E-state index contributed by atoms with van der Waals surface area (Å²) in [6, 6.07) is 4.05. The predicted molar refractivity (Wildman–Crippen MR) is 54.4 cm³/mol. The van der Waals surface area contributed by atoms with Crippen LogP contribution in [0.15, 0.2) is 35.1 Å². The molecule has 0 fully saturated rings. The Hall–Kier alpha value is -1.10. The zero-order chi connectivity index (χ0) is 11.1. The quantitative estimate of drug-likeness (QED) is 0.708. The number of fused-ring (bicyclic) bond motifs is 1. The van der Waals surface area contributed by atoms with Crippen LogP contribution in [0.25, 0.3) is 10.8 Å². The molecule has 2 rings (SSSR count). The van der Waals surface area contributed by atoms with Crippen LogP contribution in [0.1, 0.15) is 5.56 Å². The second-order valence-corrected chi connectivity index (χ2v) is 3.96. The highest BCUT2D eigenvalue weighted by Crippen LogP contribution is 2.36. The van der Waals surface area contributed by atoms with Crippen molar-refractivity contribution in [2.75, 3.05) is 0 Å². The second kappa shape index (κ2) is 3.48. The topological polar surface area (TPSA) is 12.9 Å². The number of rotatable bonds is 0. The van der Waals surface area contributed by atoms with E-state index in [4.69, 9.17) is 0 Å². The van der Waals surface area contributed by atoms with Crippen LogP contribution >= 0.6 is 15.9 Å². The van der Waals surface area contributed by atoms with Gasteiger partial charge in [0.1, 0.15) is 0 Å². The number of nitrogens with zero attached hydrogens (tertiary/aromatic N) is 1. The average Bonchev–Trinajstić information content (AvgIpc) is 2.15. The molecule has 78 valence electrons. The van der Waals surface area contributed by atoms with Gasteiger partial charge < -0.3 is 0 Å². The van der Waals surface area contributed by atoms with Gasteiger partial charge in [-0.25, -0.2) is 0 Å². The van der Waals surface area contributed by atoms with Gasteiger partial charge in [-0.1, -0.05) is 15.9 Å². The number of alkyl halides is 3. The highest BCUT2D eigenvalue weighted by atomic mass is 79.9. The first-order chi connectivity index (χ1) is 6.98. The summed E-state index contributed by atoms with van der Waals surface area (Å²) in [5.74, 6) is 0. The van der Waals surface area contributed by atoms with E-state index >= 15 is 0 Å². The van der Waals surface area contributed by atoms with E-state index in [0.29, 0.717) is 9.86 Å². The van der Waals surface area contributed by atoms with Gasteiger partial charge in [-0.05, 0) is 23.6 Å². The SMILES string of the molecule is FC(F)(F)c1cc(Br)cc2cnccc12. The molecule has 0 saturated heterocycles. The van der Waals surface area contributed by atoms with Crippen molar-refractivity contribution >= 4 is 26.7 Å². The van der Waals surface area contributed by atoms with Crippen LogP contribution in [0.5, 0.6) is 0 Å². The number of halogens is 4. The Morgan fingerprint density at radius 2 is 1.93 bits per heavy atom. The fourth-order valence-corrected chi connectivity index (χ4v) is 1.88. The van der Waals surface area contributed by atoms with Gasteiger partial charge in [-0.2, -0.15) is 13.2 Å². The van der Waals surface area contributed by atoms with E-state index in [2.05, 4.69) is 20.9 Å². The summed E-state index contributed by atoms with van der Waals surface area (Å²) in [5, 5.41) is 0.639. The summed E-state index contributed by atoms with van der Waals surface area (Å²) in [7, 11) is 0. The summed E-state index contributed by atoms with van der Waals surface area (Å²) in [4.78, 5) is 3.79. The van der Waals surface area contributed by atoms with Crippen LogP contribution in [0.2, 0.25) is 0 Å². The molecule has 0 radical (unpaired) electrons. The second-order valence-electron chi connectivity index (χ2n) is 3.05. The van der Waals surface area contributed by atoms with E-state index in [1.54, 1.807) is 6.07 Å². The molecule has 0 aliphatic heterocycles. The van der Waals surface area contributed by atoms with Crippen molar-refractivity contribution in [2.24, 2.45) is 0 Å². The number of benzene rings is 1. The van der Waals surface area contributed by atoms with Gasteiger partial charge in [-0.3, -0.25) is 4.98 Å². The van der Waals surface area contributed by atoms with Gasteiger partial charge >= 0.3 is 6.18 Å². The van der Waals surface area contributed by atoms with E-state index in [9.17, 15) is 13.2 Å². The lowest BCUT2D eigenvalue weighted by molar-refractivity contribution is -0.136. The maximum absolute atomic E-state index is 12.7. The molecule has 0 atom stereocenters. The first-order valence-electron chi connectivity index (χ1n) is 4.09. The maximum Gasteiger partial charge on any atom is 0.417 e. The number of aromatic nitrogens is 1. The lowest BCUT2D eigenvalue weighted by Gasteiger charge is -2.10. The van der Waals surface area contributed by atoms with E-state index in [1.165, 1.54) is 18.5 Å². The molecule has 0 N–H and O–H groups in total. The number of hydrogen-bond acceptors (Lipinski definition) is 1. The highest BCUT2D eigenvalue weighted by molar-refractivity contribution is 9.10. The zero-order valence-corrected chi connectivity index (χ0v) is 8.93. The summed E-state index contributed by atoms with van der Waals surface area (Å²) < 4.78 is 38.4. The molecule has 2 aromatic rings. The van der Waals surface area contributed by atoms with E-state index < -0.39 is 11.7 Å². The van der Waals surface area contributed by atoms with Gasteiger partial charge in [0.05, 0.1) is 5.56 Å². The molecule has 15 heavy (non-hydrogen) atoms. The minimum absolute atomic E-state index is 0.167. The largest absolute Gasteiger partial charge is 0.417 e. The van der Waals surface area contributed by atoms with Crippen molar-refractivity contribution in [2.45, 2.75) is 6.18 Å². The fraction of sp³-hybridized carbons (Fsp3) is 0.100. The molecule has 0 aliphatic rings. The summed E-state index contributed by atoms with van der Waals surface area (Å²) in [5.41, 5.74) is -0.644. The Balaban J connectivity index is 2.83. The Bertz CT molecular complexity index is 507. The maximum atomic E-state index is 12.7. The normalized spacial score (nSPS) is 12.0. The molecule has 0 unspecified atom stereocenters. The molecule has 0 saturated carbocycles. The molecule has 1 heterocycles. The molecule has 1 aromatic heterocycles. The first kappa shape index (κ1) is 10.4. The third-order valence-electron chi connectivity index (χ3n) is 2.02. The van der Waals surface area contributed by atoms with Crippen molar-refractivity contribution in [3.63, 3.8) is 0 Å². The van der Waals surface area contributed by atoms with Gasteiger partial charge in [0.2, 0.25) is 0 Å². The Labute approximate surface area is 92.1 Å². The number of hydrogen-bond donors (Lipinski definition) is 0. The lowest BCUT2D eigenvalue weighted by atomic mass is 10.1. The minimum atomic E-state index is -4.34. The third kappa shape index (κ3) is 1.97. The van der Waals surface area contributed by atoms with Crippen molar-refractivity contribution in [1.82, 2.24) is 4.98 Å². The third-order valence-corrected chi connectivity index (χ3v) is 2.48. The van der Waals surface area contributed by atoms with Gasteiger partial charge in [0.15, 0.2) is 0 Å². The average molecular weight is 276 g/mol. The van der Waals surface area contributed by atoms with Crippen LogP contribution in [0, 0.1) is 0 Å². The minimum Gasteiger partial charge on any atom is -0.264 e. The number of pyridine rings is 1. The molecular formula is C10H5BrF3N. The van der Waals surface area contributed by atoms with Crippen LogP contribution < -0.4 is 0 Å². The van der Waals surface area contributed by atoms with Crippen LogP contribution in [-0.4, -0.2) is 4.98 Å².